The van der Waals surface area contributed by atoms with Gasteiger partial charge in [-0.25, -0.2) is 0 Å². The molecule has 0 saturated carbocycles. The quantitative estimate of drug-likeness (QED) is 0.667. The predicted octanol–water partition coefficient (Wildman–Crippen LogP) is -0.829. The number of amides is 1. The lowest BCUT2D eigenvalue weighted by Crippen LogP contribution is -2.36. The normalized spacial score (nSPS) is 21.6. The topological polar surface area (TPSA) is 85.8 Å². The predicted molar refractivity (Wildman–Crippen MR) is 108 cm³/mol. The highest BCUT2D eigenvalue weighted by Gasteiger charge is 2.26. The van der Waals surface area contributed by atoms with E-state index in [4.69, 9.17) is 5.73 Å². The molecule has 128 valence electrons. The molecule has 0 spiro atoms. The van der Waals surface area contributed by atoms with E-state index in [-0.39, 0.29) is 23.1 Å². The fourth-order valence-corrected chi connectivity index (χ4v) is 3.20. The van der Waals surface area contributed by atoms with E-state index in [1.165, 1.54) is 0 Å². The lowest BCUT2D eigenvalue weighted by molar-refractivity contribution is -0.119. The van der Waals surface area contributed by atoms with Gasteiger partial charge in [-0.1, -0.05) is 13.3 Å². The van der Waals surface area contributed by atoms with Gasteiger partial charge >= 0.3 is 0 Å². The molecular formula is C16H24B3N5O. The number of hydrogen-bond donors (Lipinski definition) is 2. The summed E-state index contributed by atoms with van der Waals surface area (Å²) in [4.78, 5) is 17.1. The second kappa shape index (κ2) is 6.71. The molecular weight excluding hydrogens is 311 g/mol. The minimum Gasteiger partial charge on any atom is -0.324 e. The van der Waals surface area contributed by atoms with Crippen LogP contribution in [0.15, 0.2) is 24.5 Å². The fourth-order valence-electron chi connectivity index (χ4n) is 3.20. The van der Waals surface area contributed by atoms with Gasteiger partial charge in [-0.2, -0.15) is 5.10 Å². The Balaban J connectivity index is 2.18. The zero-order valence-corrected chi connectivity index (χ0v) is 15.4. The number of carbonyl (C=O) groups is 1. The molecule has 3 rings (SSSR count). The van der Waals surface area contributed by atoms with Crippen molar-refractivity contribution in [2.45, 2.75) is 37.5 Å². The van der Waals surface area contributed by atoms with Crippen molar-refractivity contribution in [3.8, 4) is 11.4 Å². The zero-order valence-electron chi connectivity index (χ0n) is 15.4. The number of aromatic nitrogens is 3. The standard InChI is InChI=1S/C16H24B3N5O/c1-9-3-2-4-11(20)10-5-6-21-12(7-10)14-13(23-15(9)25)8-22-24(14)16(17,18)19/h5-9,11H,2-4,17-20H2,1H3,(H,23,25)/t9-,11+/m1/s1. The largest absolute Gasteiger partial charge is 0.324 e. The molecule has 2 aromatic heterocycles. The van der Waals surface area contributed by atoms with Crippen molar-refractivity contribution in [3.05, 3.63) is 30.1 Å². The van der Waals surface area contributed by atoms with Crippen molar-refractivity contribution in [1.29, 1.82) is 0 Å². The number of anilines is 1. The number of nitrogens with one attached hydrogen (secondary N) is 1. The van der Waals surface area contributed by atoms with Crippen LogP contribution in [0.4, 0.5) is 5.69 Å². The molecule has 2 aromatic rings. The molecule has 2 atom stereocenters. The first-order chi connectivity index (χ1) is 11.8. The smallest absolute Gasteiger partial charge is 0.227 e. The van der Waals surface area contributed by atoms with Crippen LogP contribution in [-0.2, 0) is 10.0 Å². The summed E-state index contributed by atoms with van der Waals surface area (Å²) in [6, 6.07) is 3.94. The van der Waals surface area contributed by atoms with Crippen LogP contribution in [0, 0.1) is 5.92 Å². The van der Waals surface area contributed by atoms with E-state index in [1.807, 2.05) is 23.7 Å². The van der Waals surface area contributed by atoms with Gasteiger partial charge in [0.15, 0.2) is 0 Å². The van der Waals surface area contributed by atoms with Gasteiger partial charge in [0.25, 0.3) is 0 Å². The summed E-state index contributed by atoms with van der Waals surface area (Å²) in [7, 11) is 6.24. The first kappa shape index (κ1) is 17.8. The van der Waals surface area contributed by atoms with E-state index in [9.17, 15) is 4.79 Å². The summed E-state index contributed by atoms with van der Waals surface area (Å²) in [6.45, 7) is 1.96. The van der Waals surface area contributed by atoms with Crippen molar-refractivity contribution in [1.82, 2.24) is 14.8 Å². The highest BCUT2D eigenvalue weighted by molar-refractivity contribution is 6.56. The van der Waals surface area contributed by atoms with Gasteiger partial charge < -0.3 is 11.1 Å². The third-order valence-corrected chi connectivity index (χ3v) is 4.72. The molecule has 0 unspecified atom stereocenters. The number of hydrogen-bond acceptors (Lipinski definition) is 4. The third kappa shape index (κ3) is 3.66. The molecule has 1 amide bonds. The fraction of sp³-hybridized carbons (Fsp3) is 0.438. The average Bonchev–Trinajstić information content (AvgIpc) is 2.97. The van der Waals surface area contributed by atoms with E-state index in [2.05, 4.69) is 38.9 Å². The summed E-state index contributed by atoms with van der Waals surface area (Å²) in [5, 5.41) is 7.33. The zero-order chi connectivity index (χ0) is 18.2. The van der Waals surface area contributed by atoms with Crippen LogP contribution in [0.25, 0.3) is 11.4 Å². The number of carbonyl (C=O) groups excluding carboxylic acids is 1. The van der Waals surface area contributed by atoms with Gasteiger partial charge in [-0.3, -0.25) is 14.5 Å². The molecule has 3 N–H and O–H groups in total. The van der Waals surface area contributed by atoms with Gasteiger partial charge in [-0.15, -0.1) is 0 Å². The Morgan fingerprint density at radius 2 is 2.12 bits per heavy atom. The van der Waals surface area contributed by atoms with Crippen molar-refractivity contribution < 1.29 is 4.79 Å². The Bertz CT molecular complexity index is 786. The molecule has 0 aliphatic carbocycles. The summed E-state index contributed by atoms with van der Waals surface area (Å²) in [5.74, 6) is -0.0521. The monoisotopic (exact) mass is 335 g/mol. The van der Waals surface area contributed by atoms with E-state index in [1.54, 1.807) is 12.4 Å². The summed E-state index contributed by atoms with van der Waals surface area (Å²) in [5.41, 5.74) is 9.74. The molecule has 3 heterocycles. The molecule has 6 nitrogen and oxygen atoms in total. The summed E-state index contributed by atoms with van der Waals surface area (Å²) >= 11 is 0. The van der Waals surface area contributed by atoms with E-state index in [0.29, 0.717) is 5.69 Å². The Morgan fingerprint density at radius 3 is 2.84 bits per heavy atom. The highest BCUT2D eigenvalue weighted by Crippen LogP contribution is 2.32. The first-order valence-corrected chi connectivity index (χ1v) is 8.88. The molecule has 2 bridgehead atoms. The van der Waals surface area contributed by atoms with Crippen molar-refractivity contribution in [2.24, 2.45) is 11.7 Å². The summed E-state index contributed by atoms with van der Waals surface area (Å²) in [6.07, 6.45) is 6.09. The minimum absolute atomic E-state index is 0.0139. The second-order valence-electron chi connectivity index (χ2n) is 7.89. The van der Waals surface area contributed by atoms with Gasteiger partial charge in [-0.05, 0) is 35.8 Å². The first-order valence-electron chi connectivity index (χ1n) is 8.88. The van der Waals surface area contributed by atoms with Gasteiger partial charge in [0, 0.05) is 18.2 Å². The van der Waals surface area contributed by atoms with Crippen molar-refractivity contribution >= 4 is 35.1 Å². The van der Waals surface area contributed by atoms with Crippen molar-refractivity contribution in [3.63, 3.8) is 0 Å². The van der Waals surface area contributed by atoms with E-state index in [0.717, 1.165) is 36.2 Å². The lowest BCUT2D eigenvalue weighted by atomic mass is 9.49. The molecule has 9 heteroatoms. The number of nitrogens with two attached hydrogens (primary N) is 1. The Kier molecular flexibility index (Phi) is 4.78. The van der Waals surface area contributed by atoms with E-state index < -0.39 is 0 Å². The lowest BCUT2D eigenvalue weighted by Gasteiger charge is -2.24. The van der Waals surface area contributed by atoms with Crippen LogP contribution in [0.5, 0.6) is 0 Å². The number of nitrogens with zero attached hydrogens (tertiary/aromatic N) is 3. The van der Waals surface area contributed by atoms with Crippen LogP contribution in [0.3, 0.4) is 0 Å². The van der Waals surface area contributed by atoms with Crippen LogP contribution < -0.4 is 11.1 Å². The molecule has 25 heavy (non-hydrogen) atoms. The van der Waals surface area contributed by atoms with Crippen LogP contribution >= 0.6 is 0 Å². The third-order valence-electron chi connectivity index (χ3n) is 4.72. The Hall–Kier alpha value is -2.02. The van der Waals surface area contributed by atoms with Crippen LogP contribution in [0.1, 0.15) is 37.8 Å². The number of fused-ring (bicyclic) bond motifs is 4. The Morgan fingerprint density at radius 1 is 1.36 bits per heavy atom. The minimum atomic E-state index is -0.235. The van der Waals surface area contributed by atoms with Gasteiger partial charge in [0.2, 0.25) is 5.91 Å². The molecule has 0 fully saturated rings. The van der Waals surface area contributed by atoms with Crippen LogP contribution in [0.2, 0.25) is 0 Å². The molecule has 1 aliphatic heterocycles. The van der Waals surface area contributed by atoms with Crippen molar-refractivity contribution in [2.75, 3.05) is 5.32 Å². The molecule has 0 radical (unpaired) electrons. The molecule has 0 saturated heterocycles. The maximum atomic E-state index is 12.6. The number of pyridine rings is 1. The Labute approximate surface area is 151 Å². The second-order valence-corrected chi connectivity index (χ2v) is 7.89. The van der Waals surface area contributed by atoms with Gasteiger partial charge in [0.05, 0.1) is 17.6 Å². The number of rotatable bonds is 1. The maximum Gasteiger partial charge on any atom is 0.227 e. The van der Waals surface area contributed by atoms with E-state index >= 15 is 0 Å². The summed E-state index contributed by atoms with van der Waals surface area (Å²) < 4.78 is 1.91. The maximum absolute atomic E-state index is 12.6. The highest BCUT2D eigenvalue weighted by atomic mass is 16.1. The SMILES string of the molecule is BC(B)(B)n1ncc2c1-c1cc(ccn1)[C@@H](N)CCC[C@@H](C)C(=O)N2. The average molecular weight is 335 g/mol. The molecule has 1 aliphatic rings. The van der Waals surface area contributed by atoms with Crippen LogP contribution in [-0.4, -0.2) is 44.2 Å². The molecule has 0 aromatic carbocycles. The van der Waals surface area contributed by atoms with Gasteiger partial charge in [0.1, 0.15) is 29.2 Å².